The first-order valence-electron chi connectivity index (χ1n) is 15.4. The van der Waals surface area contributed by atoms with Gasteiger partial charge in [0.15, 0.2) is 0 Å². The Morgan fingerprint density at radius 3 is 2.58 bits per heavy atom. The van der Waals surface area contributed by atoms with Crippen molar-refractivity contribution in [2.75, 3.05) is 13.7 Å². The van der Waals surface area contributed by atoms with Crippen LogP contribution in [0.5, 0.6) is 5.75 Å². The maximum atomic E-state index is 12.7. The maximum Gasteiger partial charge on any atom is 0.220 e. The van der Waals surface area contributed by atoms with Crippen molar-refractivity contribution in [2.24, 2.45) is 46.3 Å². The molecule has 1 aromatic carbocycles. The highest BCUT2D eigenvalue weighted by atomic mass is 16.5. The molecule has 10 atom stereocenters. The number of para-hydroxylation sites is 1. The highest BCUT2D eigenvalue weighted by Gasteiger charge is 2.62. The summed E-state index contributed by atoms with van der Waals surface area (Å²) < 4.78 is 5.43. The van der Waals surface area contributed by atoms with E-state index in [9.17, 15) is 15.0 Å². The molecular formula is C33H51NO4. The molecule has 0 radical (unpaired) electrons. The van der Waals surface area contributed by atoms with Gasteiger partial charge in [0, 0.05) is 13.0 Å². The fourth-order valence-corrected chi connectivity index (χ4v) is 10.1. The number of nitrogens with one attached hydrogen (secondary N) is 1. The van der Waals surface area contributed by atoms with Crippen LogP contribution in [0.2, 0.25) is 0 Å². The summed E-state index contributed by atoms with van der Waals surface area (Å²) in [6.07, 6.45) is 10.6. The van der Waals surface area contributed by atoms with Gasteiger partial charge in [-0.1, -0.05) is 39.0 Å². The number of hydrogen-bond donors (Lipinski definition) is 3. The number of fused-ring (bicyclic) bond motifs is 5. The van der Waals surface area contributed by atoms with E-state index in [0.717, 1.165) is 49.8 Å². The lowest BCUT2D eigenvalue weighted by molar-refractivity contribution is -0.174. The van der Waals surface area contributed by atoms with Crippen molar-refractivity contribution < 1.29 is 19.7 Å². The highest BCUT2D eigenvalue weighted by Crippen LogP contribution is 2.68. The van der Waals surface area contributed by atoms with Gasteiger partial charge >= 0.3 is 0 Å². The number of aliphatic hydroxyl groups is 2. The Morgan fingerprint density at radius 2 is 1.79 bits per heavy atom. The summed E-state index contributed by atoms with van der Waals surface area (Å²) in [4.78, 5) is 12.7. The summed E-state index contributed by atoms with van der Waals surface area (Å²) in [5.74, 6) is 4.20. The van der Waals surface area contributed by atoms with Gasteiger partial charge in [0.05, 0.1) is 19.3 Å². The zero-order valence-corrected chi connectivity index (χ0v) is 24.1. The number of aliphatic hydroxyl groups excluding tert-OH is 2. The molecule has 5 rings (SSSR count). The standard InChI is InChI=1S/C33H51NO4/c1-21(9-12-30(37)34-18-15-22-7-5-6-8-29(22)38-4)25-10-11-26-31-27(14-17-33(25,26)3)32(2)16-13-24(35)19-23(32)20-28(31)36/h5-8,21,23-28,31,35-36H,9-20H2,1-4H3,(H,34,37). The van der Waals surface area contributed by atoms with Gasteiger partial charge < -0.3 is 20.3 Å². The lowest BCUT2D eigenvalue weighted by atomic mass is 9.43. The van der Waals surface area contributed by atoms with Crippen molar-refractivity contribution in [1.82, 2.24) is 5.32 Å². The van der Waals surface area contributed by atoms with Crippen LogP contribution in [-0.4, -0.2) is 42.0 Å². The second-order valence-electron chi connectivity index (χ2n) is 13.9. The molecule has 4 aliphatic carbocycles. The van der Waals surface area contributed by atoms with Crippen LogP contribution in [0.4, 0.5) is 0 Å². The number of benzene rings is 1. The molecule has 10 unspecified atom stereocenters. The average Bonchev–Trinajstić information content (AvgIpc) is 3.26. The molecule has 0 bridgehead atoms. The maximum absolute atomic E-state index is 12.7. The molecule has 38 heavy (non-hydrogen) atoms. The van der Waals surface area contributed by atoms with Crippen LogP contribution in [-0.2, 0) is 11.2 Å². The number of carbonyl (C=O) groups excluding carboxylic acids is 1. The van der Waals surface area contributed by atoms with Crippen LogP contribution in [0, 0.1) is 46.3 Å². The van der Waals surface area contributed by atoms with E-state index >= 15 is 0 Å². The van der Waals surface area contributed by atoms with Gasteiger partial charge in [-0.3, -0.25) is 4.79 Å². The summed E-state index contributed by atoms with van der Waals surface area (Å²) in [6, 6.07) is 8.00. The minimum absolute atomic E-state index is 0.149. The Balaban J connectivity index is 1.16. The topological polar surface area (TPSA) is 78.8 Å². The summed E-state index contributed by atoms with van der Waals surface area (Å²) in [5.41, 5.74) is 1.66. The van der Waals surface area contributed by atoms with E-state index in [2.05, 4.69) is 32.2 Å². The molecule has 5 nitrogen and oxygen atoms in total. The van der Waals surface area contributed by atoms with Crippen molar-refractivity contribution in [3.05, 3.63) is 29.8 Å². The van der Waals surface area contributed by atoms with E-state index in [4.69, 9.17) is 4.74 Å². The molecule has 0 saturated heterocycles. The Hall–Kier alpha value is -1.59. The molecule has 4 aliphatic rings. The van der Waals surface area contributed by atoms with Crippen LogP contribution in [0.3, 0.4) is 0 Å². The van der Waals surface area contributed by atoms with Crippen molar-refractivity contribution in [1.29, 1.82) is 0 Å². The largest absolute Gasteiger partial charge is 0.496 e. The zero-order valence-electron chi connectivity index (χ0n) is 24.1. The van der Waals surface area contributed by atoms with E-state index in [1.165, 1.54) is 25.7 Å². The van der Waals surface area contributed by atoms with E-state index in [1.807, 2.05) is 18.2 Å². The SMILES string of the molecule is COc1ccccc1CCNC(=O)CCC(C)C1CCC2C3C(O)CC4CC(O)CCC4(C)C3CCC12C. The van der Waals surface area contributed by atoms with Gasteiger partial charge in [0.1, 0.15) is 5.75 Å². The van der Waals surface area contributed by atoms with E-state index < -0.39 is 0 Å². The second-order valence-corrected chi connectivity index (χ2v) is 13.9. The number of hydrogen-bond acceptors (Lipinski definition) is 4. The first-order chi connectivity index (χ1) is 18.2. The Bertz CT molecular complexity index is 981. The molecule has 3 N–H and O–H groups in total. The lowest BCUT2D eigenvalue weighted by Crippen LogP contribution is -2.58. The summed E-state index contributed by atoms with van der Waals surface area (Å²) in [6.45, 7) is 8.00. The van der Waals surface area contributed by atoms with Crippen LogP contribution >= 0.6 is 0 Å². The minimum atomic E-state index is -0.226. The molecule has 4 fully saturated rings. The number of methoxy groups -OCH3 is 1. The van der Waals surface area contributed by atoms with E-state index in [1.54, 1.807) is 7.11 Å². The Morgan fingerprint density at radius 1 is 1.05 bits per heavy atom. The van der Waals surface area contributed by atoms with Gasteiger partial charge in [0.2, 0.25) is 5.91 Å². The Labute approximate surface area is 230 Å². The molecule has 0 aromatic heterocycles. The molecule has 212 valence electrons. The third-order valence-corrected chi connectivity index (χ3v) is 12.2. The summed E-state index contributed by atoms with van der Waals surface area (Å²) in [7, 11) is 1.69. The molecule has 0 spiro atoms. The minimum Gasteiger partial charge on any atom is -0.496 e. The molecule has 5 heteroatoms. The third-order valence-electron chi connectivity index (χ3n) is 12.2. The van der Waals surface area contributed by atoms with Crippen molar-refractivity contribution in [3.63, 3.8) is 0 Å². The average molecular weight is 526 g/mol. The van der Waals surface area contributed by atoms with Crippen LogP contribution in [0.15, 0.2) is 24.3 Å². The molecular weight excluding hydrogens is 474 g/mol. The molecule has 1 aromatic rings. The molecule has 4 saturated carbocycles. The normalized spacial score (nSPS) is 40.9. The van der Waals surface area contributed by atoms with Crippen LogP contribution < -0.4 is 10.1 Å². The third kappa shape index (κ3) is 5.03. The highest BCUT2D eigenvalue weighted by molar-refractivity contribution is 5.75. The van der Waals surface area contributed by atoms with Crippen molar-refractivity contribution in [2.45, 2.75) is 104 Å². The van der Waals surface area contributed by atoms with Crippen molar-refractivity contribution >= 4 is 5.91 Å². The Kier molecular flexibility index (Phi) is 8.18. The monoisotopic (exact) mass is 525 g/mol. The van der Waals surface area contributed by atoms with Gasteiger partial charge in [-0.25, -0.2) is 0 Å². The van der Waals surface area contributed by atoms with Gasteiger partial charge in [-0.2, -0.15) is 0 Å². The van der Waals surface area contributed by atoms with Crippen LogP contribution in [0.1, 0.15) is 90.5 Å². The van der Waals surface area contributed by atoms with Crippen molar-refractivity contribution in [3.8, 4) is 5.75 Å². The van der Waals surface area contributed by atoms with Gasteiger partial charge in [0.25, 0.3) is 0 Å². The second kappa shape index (κ2) is 11.1. The molecule has 0 aliphatic heterocycles. The zero-order chi connectivity index (χ0) is 27.1. The van der Waals surface area contributed by atoms with Gasteiger partial charge in [-0.15, -0.1) is 0 Å². The number of amides is 1. The summed E-state index contributed by atoms with van der Waals surface area (Å²) >= 11 is 0. The summed E-state index contributed by atoms with van der Waals surface area (Å²) in [5, 5.41) is 24.9. The quantitative estimate of drug-likeness (QED) is 0.403. The number of carbonyl (C=O) groups is 1. The van der Waals surface area contributed by atoms with E-state index in [0.29, 0.717) is 48.5 Å². The molecule has 0 heterocycles. The predicted octanol–water partition coefficient (Wildman–Crippen LogP) is 5.76. The fraction of sp³-hybridized carbons (Fsp3) is 0.788. The first-order valence-corrected chi connectivity index (χ1v) is 15.4. The van der Waals surface area contributed by atoms with Gasteiger partial charge in [-0.05, 0) is 122 Å². The number of rotatable bonds is 8. The number of ether oxygens (including phenoxy) is 1. The smallest absolute Gasteiger partial charge is 0.220 e. The fourth-order valence-electron chi connectivity index (χ4n) is 10.1. The van der Waals surface area contributed by atoms with E-state index in [-0.39, 0.29) is 28.9 Å². The molecule has 1 amide bonds. The lowest BCUT2D eigenvalue weighted by Gasteiger charge is -2.62. The first kappa shape index (κ1) is 28.0. The van der Waals surface area contributed by atoms with Crippen LogP contribution in [0.25, 0.3) is 0 Å². The predicted molar refractivity (Wildman–Crippen MR) is 151 cm³/mol.